The van der Waals surface area contributed by atoms with E-state index < -0.39 is 0 Å². The van der Waals surface area contributed by atoms with Crippen molar-refractivity contribution in [1.29, 1.82) is 0 Å². The summed E-state index contributed by atoms with van der Waals surface area (Å²) in [4.78, 5) is 16.3. The number of rotatable bonds is 6. The SMILES string of the molecule is CC(CNC(=O)c1csc(CCN)n1)c1ccccc1. The van der Waals surface area contributed by atoms with Crippen LogP contribution in [0.4, 0.5) is 0 Å². The van der Waals surface area contributed by atoms with Crippen LogP contribution >= 0.6 is 11.3 Å². The molecule has 4 nitrogen and oxygen atoms in total. The third-order valence-electron chi connectivity index (χ3n) is 3.08. The molecule has 106 valence electrons. The lowest BCUT2D eigenvalue weighted by Crippen LogP contribution is -2.27. The molecule has 5 heteroatoms. The Balaban J connectivity index is 1.88. The Morgan fingerprint density at radius 1 is 1.40 bits per heavy atom. The van der Waals surface area contributed by atoms with E-state index in [0.29, 0.717) is 18.8 Å². The molecule has 2 rings (SSSR count). The Bertz CT molecular complexity index is 553. The maximum absolute atomic E-state index is 12.0. The van der Waals surface area contributed by atoms with E-state index in [-0.39, 0.29) is 11.8 Å². The minimum absolute atomic E-state index is 0.118. The molecule has 1 heterocycles. The van der Waals surface area contributed by atoms with Crippen LogP contribution < -0.4 is 11.1 Å². The van der Waals surface area contributed by atoms with Crippen molar-refractivity contribution >= 4 is 17.2 Å². The van der Waals surface area contributed by atoms with Gasteiger partial charge in [-0.25, -0.2) is 4.98 Å². The number of thiazole rings is 1. The fourth-order valence-electron chi connectivity index (χ4n) is 1.89. The third kappa shape index (κ3) is 3.88. The molecule has 0 saturated carbocycles. The molecule has 0 aliphatic heterocycles. The Morgan fingerprint density at radius 3 is 2.85 bits per heavy atom. The molecule has 0 bridgehead atoms. The Morgan fingerprint density at radius 2 is 2.15 bits per heavy atom. The molecule has 1 aromatic carbocycles. The van der Waals surface area contributed by atoms with Crippen molar-refractivity contribution in [3.05, 3.63) is 52.0 Å². The highest BCUT2D eigenvalue weighted by atomic mass is 32.1. The highest BCUT2D eigenvalue weighted by Gasteiger charge is 2.12. The summed E-state index contributed by atoms with van der Waals surface area (Å²) in [5.41, 5.74) is 7.18. The van der Waals surface area contributed by atoms with Gasteiger partial charge in [0.25, 0.3) is 5.91 Å². The highest BCUT2D eigenvalue weighted by molar-refractivity contribution is 7.09. The summed E-state index contributed by atoms with van der Waals surface area (Å²) in [5, 5.41) is 5.62. The summed E-state index contributed by atoms with van der Waals surface area (Å²) in [7, 11) is 0. The first kappa shape index (κ1) is 14.7. The number of hydrogen-bond acceptors (Lipinski definition) is 4. The normalized spacial score (nSPS) is 12.1. The van der Waals surface area contributed by atoms with Gasteiger partial charge in [0.1, 0.15) is 5.69 Å². The molecule has 0 spiro atoms. The topological polar surface area (TPSA) is 68.0 Å². The van der Waals surface area contributed by atoms with E-state index in [0.717, 1.165) is 11.4 Å². The van der Waals surface area contributed by atoms with Crippen LogP contribution in [0, 0.1) is 0 Å². The molecule has 0 fully saturated rings. The number of carbonyl (C=O) groups is 1. The van der Waals surface area contributed by atoms with Crippen LogP contribution in [0.15, 0.2) is 35.7 Å². The average molecular weight is 289 g/mol. The highest BCUT2D eigenvalue weighted by Crippen LogP contribution is 2.14. The fraction of sp³-hybridized carbons (Fsp3) is 0.333. The standard InChI is InChI=1S/C15H19N3OS/c1-11(12-5-3-2-4-6-12)9-17-15(19)13-10-20-14(18-13)7-8-16/h2-6,10-11H,7-9,16H2,1H3,(H,17,19). The molecule has 0 aliphatic rings. The zero-order chi connectivity index (χ0) is 14.4. The molecule has 0 radical (unpaired) electrons. The third-order valence-corrected chi connectivity index (χ3v) is 3.99. The maximum atomic E-state index is 12.0. The quantitative estimate of drug-likeness (QED) is 0.856. The van der Waals surface area contributed by atoms with Gasteiger partial charge in [0.05, 0.1) is 5.01 Å². The van der Waals surface area contributed by atoms with Gasteiger partial charge in [-0.1, -0.05) is 37.3 Å². The second-order valence-corrected chi connectivity index (χ2v) is 5.63. The first-order chi connectivity index (χ1) is 9.70. The van der Waals surface area contributed by atoms with Gasteiger partial charge in [0, 0.05) is 18.3 Å². The monoisotopic (exact) mass is 289 g/mol. The fourth-order valence-corrected chi connectivity index (χ4v) is 2.68. The van der Waals surface area contributed by atoms with Crippen molar-refractivity contribution in [2.75, 3.05) is 13.1 Å². The lowest BCUT2D eigenvalue weighted by Gasteiger charge is -2.12. The van der Waals surface area contributed by atoms with Crippen LogP contribution in [0.5, 0.6) is 0 Å². The molecule has 0 saturated heterocycles. The number of nitrogens with two attached hydrogens (primary N) is 1. The number of hydrogen-bond donors (Lipinski definition) is 2. The van der Waals surface area contributed by atoms with Gasteiger partial charge in [0.2, 0.25) is 0 Å². The molecule has 1 amide bonds. The van der Waals surface area contributed by atoms with Crippen LogP contribution in [0.2, 0.25) is 0 Å². The van der Waals surface area contributed by atoms with Gasteiger partial charge in [-0.05, 0) is 18.0 Å². The zero-order valence-corrected chi connectivity index (χ0v) is 12.3. The molecule has 1 aromatic heterocycles. The lowest BCUT2D eigenvalue weighted by atomic mass is 10.0. The molecular weight excluding hydrogens is 270 g/mol. The summed E-state index contributed by atoms with van der Waals surface area (Å²) in [6, 6.07) is 10.1. The lowest BCUT2D eigenvalue weighted by molar-refractivity contribution is 0.0947. The van der Waals surface area contributed by atoms with E-state index >= 15 is 0 Å². The van der Waals surface area contributed by atoms with Crippen molar-refractivity contribution < 1.29 is 4.79 Å². The second kappa shape index (κ2) is 7.17. The minimum Gasteiger partial charge on any atom is -0.350 e. The van der Waals surface area contributed by atoms with E-state index in [4.69, 9.17) is 5.73 Å². The summed E-state index contributed by atoms with van der Waals surface area (Å²) in [6.45, 7) is 3.25. The number of aromatic nitrogens is 1. The van der Waals surface area contributed by atoms with E-state index in [1.165, 1.54) is 16.9 Å². The van der Waals surface area contributed by atoms with E-state index in [2.05, 4.69) is 29.4 Å². The smallest absolute Gasteiger partial charge is 0.270 e. The number of carbonyl (C=O) groups excluding carboxylic acids is 1. The van der Waals surface area contributed by atoms with Gasteiger partial charge < -0.3 is 11.1 Å². The number of amides is 1. The summed E-state index contributed by atoms with van der Waals surface area (Å²) in [6.07, 6.45) is 0.721. The molecule has 20 heavy (non-hydrogen) atoms. The van der Waals surface area contributed by atoms with Crippen LogP contribution in [0.3, 0.4) is 0 Å². The van der Waals surface area contributed by atoms with Gasteiger partial charge in [-0.15, -0.1) is 11.3 Å². The molecule has 2 aromatic rings. The average Bonchev–Trinajstić information content (AvgIpc) is 2.94. The van der Waals surface area contributed by atoms with Crippen molar-refractivity contribution in [3.8, 4) is 0 Å². The number of benzene rings is 1. The van der Waals surface area contributed by atoms with Crippen LogP contribution in [0.25, 0.3) is 0 Å². The maximum Gasteiger partial charge on any atom is 0.270 e. The van der Waals surface area contributed by atoms with E-state index in [1.807, 2.05) is 18.2 Å². The minimum atomic E-state index is -0.118. The predicted molar refractivity (Wildman–Crippen MR) is 82.1 cm³/mol. The van der Waals surface area contributed by atoms with Gasteiger partial charge in [-0.3, -0.25) is 4.79 Å². The second-order valence-electron chi connectivity index (χ2n) is 4.69. The molecule has 1 unspecified atom stereocenters. The molecule has 0 aliphatic carbocycles. The summed E-state index contributed by atoms with van der Waals surface area (Å²) >= 11 is 1.48. The Kier molecular flexibility index (Phi) is 5.26. The van der Waals surface area contributed by atoms with Crippen molar-refractivity contribution in [3.63, 3.8) is 0 Å². The van der Waals surface area contributed by atoms with E-state index in [1.54, 1.807) is 5.38 Å². The number of nitrogens with one attached hydrogen (secondary N) is 1. The van der Waals surface area contributed by atoms with Crippen molar-refractivity contribution in [1.82, 2.24) is 10.3 Å². The first-order valence-electron chi connectivity index (χ1n) is 6.68. The largest absolute Gasteiger partial charge is 0.350 e. The molecule has 3 N–H and O–H groups in total. The van der Waals surface area contributed by atoms with Crippen molar-refractivity contribution in [2.45, 2.75) is 19.3 Å². The molecule has 1 atom stereocenters. The van der Waals surface area contributed by atoms with Crippen molar-refractivity contribution in [2.24, 2.45) is 5.73 Å². The Labute approximate surface area is 123 Å². The summed E-state index contributed by atoms with van der Waals surface area (Å²) < 4.78 is 0. The van der Waals surface area contributed by atoms with Gasteiger partial charge >= 0.3 is 0 Å². The van der Waals surface area contributed by atoms with Crippen LogP contribution in [-0.4, -0.2) is 24.0 Å². The van der Waals surface area contributed by atoms with Gasteiger partial charge in [-0.2, -0.15) is 0 Å². The Hall–Kier alpha value is -1.72. The first-order valence-corrected chi connectivity index (χ1v) is 7.56. The number of nitrogens with zero attached hydrogens (tertiary/aromatic N) is 1. The zero-order valence-electron chi connectivity index (χ0n) is 11.5. The van der Waals surface area contributed by atoms with Crippen LogP contribution in [0.1, 0.15) is 33.9 Å². The summed E-state index contributed by atoms with van der Waals surface area (Å²) in [5.74, 6) is 0.162. The van der Waals surface area contributed by atoms with Crippen LogP contribution in [-0.2, 0) is 6.42 Å². The van der Waals surface area contributed by atoms with E-state index in [9.17, 15) is 4.79 Å². The van der Waals surface area contributed by atoms with Gasteiger partial charge in [0.15, 0.2) is 0 Å². The predicted octanol–water partition coefficient (Wildman–Crippen LogP) is 2.18. The molecular formula is C15H19N3OS.